The van der Waals surface area contributed by atoms with Gasteiger partial charge >= 0.3 is 0 Å². The summed E-state index contributed by atoms with van der Waals surface area (Å²) >= 11 is 0. The molecule has 0 saturated carbocycles. The van der Waals surface area contributed by atoms with Crippen molar-refractivity contribution in [2.24, 2.45) is 10.8 Å². The van der Waals surface area contributed by atoms with Gasteiger partial charge in [-0.25, -0.2) is 0 Å². The third-order valence-electron chi connectivity index (χ3n) is 5.67. The Hall–Kier alpha value is -1.28. The second-order valence-electron chi connectivity index (χ2n) is 9.52. The highest BCUT2D eigenvalue weighted by Crippen LogP contribution is 2.48. The molecule has 1 saturated heterocycles. The summed E-state index contributed by atoms with van der Waals surface area (Å²) in [7, 11) is 0. The fourth-order valence-corrected chi connectivity index (χ4v) is 5.11. The van der Waals surface area contributed by atoms with Gasteiger partial charge < -0.3 is 4.90 Å². The summed E-state index contributed by atoms with van der Waals surface area (Å²) in [6.45, 7) is 17.8. The molecule has 1 fully saturated rings. The highest BCUT2D eigenvalue weighted by molar-refractivity contribution is 5.78. The van der Waals surface area contributed by atoms with Crippen LogP contribution in [0.15, 0.2) is 30.3 Å². The molecule has 2 nitrogen and oxygen atoms in total. The van der Waals surface area contributed by atoms with Gasteiger partial charge in [-0.3, -0.25) is 4.90 Å². The lowest BCUT2D eigenvalue weighted by molar-refractivity contribution is 0.228. The number of benzene rings is 1. The van der Waals surface area contributed by atoms with Crippen LogP contribution in [-0.4, -0.2) is 37.6 Å². The highest BCUT2D eigenvalue weighted by atomic mass is 15.3. The Morgan fingerprint density at radius 1 is 0.960 bits per heavy atom. The van der Waals surface area contributed by atoms with Crippen LogP contribution < -0.4 is 4.90 Å². The van der Waals surface area contributed by atoms with Crippen LogP contribution in [-0.2, 0) is 0 Å². The molecule has 25 heavy (non-hydrogen) atoms. The molecule has 0 aromatic heterocycles. The molecule has 1 heterocycles. The van der Waals surface area contributed by atoms with E-state index >= 15 is 0 Å². The second kappa shape index (κ2) is 7.15. The normalized spacial score (nSPS) is 23.4. The van der Waals surface area contributed by atoms with Gasteiger partial charge in [-0.2, -0.15) is 0 Å². The molecule has 0 radical (unpaired) electrons. The monoisotopic (exact) mass is 340 g/mol. The van der Waals surface area contributed by atoms with E-state index in [0.29, 0.717) is 5.41 Å². The minimum Gasteiger partial charge on any atom is -0.368 e. The van der Waals surface area contributed by atoms with Gasteiger partial charge in [0, 0.05) is 37.4 Å². The number of anilines is 1. The number of piperazine rings is 1. The number of allylic oxidation sites excluding steroid dienone is 2. The minimum atomic E-state index is 0.282. The van der Waals surface area contributed by atoms with Crippen LogP contribution in [0.4, 0.5) is 5.69 Å². The summed E-state index contributed by atoms with van der Waals surface area (Å²) < 4.78 is 0. The molecule has 0 atom stereocenters. The van der Waals surface area contributed by atoms with Gasteiger partial charge in [-0.15, -0.1) is 0 Å². The Labute approximate surface area is 154 Å². The maximum atomic E-state index is 2.61. The van der Waals surface area contributed by atoms with Crippen LogP contribution in [0.25, 0.3) is 5.57 Å². The number of rotatable bonds is 4. The van der Waals surface area contributed by atoms with Gasteiger partial charge in [0.1, 0.15) is 0 Å². The molecule has 0 spiro atoms. The number of hydrogen-bond donors (Lipinski definition) is 0. The van der Waals surface area contributed by atoms with Crippen LogP contribution >= 0.6 is 0 Å². The topological polar surface area (TPSA) is 6.48 Å². The van der Waals surface area contributed by atoms with Crippen molar-refractivity contribution in [1.29, 1.82) is 0 Å². The van der Waals surface area contributed by atoms with Crippen molar-refractivity contribution in [3.8, 4) is 0 Å². The summed E-state index contributed by atoms with van der Waals surface area (Å²) in [5.41, 5.74) is 5.11. The first kappa shape index (κ1) is 18.5. The molecule has 1 aromatic carbocycles. The van der Waals surface area contributed by atoms with Gasteiger partial charge in [0.25, 0.3) is 0 Å². The van der Waals surface area contributed by atoms with E-state index in [1.807, 2.05) is 0 Å². The lowest BCUT2D eigenvalue weighted by Gasteiger charge is -2.41. The Morgan fingerprint density at radius 3 is 2.28 bits per heavy atom. The van der Waals surface area contributed by atoms with E-state index in [1.165, 1.54) is 50.1 Å². The second-order valence-corrected chi connectivity index (χ2v) is 9.52. The molecule has 1 aliphatic carbocycles. The van der Waals surface area contributed by atoms with Crippen molar-refractivity contribution in [1.82, 2.24) is 4.90 Å². The predicted molar refractivity (Wildman–Crippen MR) is 110 cm³/mol. The summed E-state index contributed by atoms with van der Waals surface area (Å²) in [5.74, 6) is 0. The van der Waals surface area contributed by atoms with Crippen LogP contribution in [0.5, 0.6) is 0 Å². The maximum Gasteiger partial charge on any atom is 0.0443 e. The minimum absolute atomic E-state index is 0.282. The molecule has 138 valence electrons. The zero-order chi connectivity index (χ0) is 18.1. The van der Waals surface area contributed by atoms with Crippen LogP contribution in [0, 0.1) is 10.8 Å². The van der Waals surface area contributed by atoms with Gasteiger partial charge in [-0.1, -0.05) is 58.9 Å². The van der Waals surface area contributed by atoms with E-state index in [1.54, 1.807) is 5.57 Å². The fraction of sp³-hybridized carbons (Fsp3) is 0.652. The van der Waals surface area contributed by atoms with Gasteiger partial charge in [0.15, 0.2) is 0 Å². The Kier molecular flexibility index (Phi) is 5.29. The highest BCUT2D eigenvalue weighted by Gasteiger charge is 2.34. The zero-order valence-electron chi connectivity index (χ0n) is 16.9. The SMILES string of the molecule is CCCN1CCN(c2ccccc2C2=CC(C)(C)CC(C)(C)C2)CC1. The molecule has 0 N–H and O–H groups in total. The maximum absolute atomic E-state index is 2.61. The summed E-state index contributed by atoms with van der Waals surface area (Å²) in [5, 5.41) is 0. The summed E-state index contributed by atoms with van der Waals surface area (Å²) in [6.07, 6.45) is 6.25. The third-order valence-corrected chi connectivity index (χ3v) is 5.67. The van der Waals surface area contributed by atoms with Crippen LogP contribution in [0.2, 0.25) is 0 Å². The molecule has 3 rings (SSSR count). The molecule has 1 aromatic rings. The van der Waals surface area contributed by atoms with Crippen molar-refractivity contribution in [3.05, 3.63) is 35.9 Å². The van der Waals surface area contributed by atoms with E-state index in [4.69, 9.17) is 0 Å². The Bertz CT molecular complexity index is 619. The van der Waals surface area contributed by atoms with Crippen LogP contribution in [0.1, 0.15) is 59.4 Å². The average molecular weight is 341 g/mol. The van der Waals surface area contributed by atoms with Gasteiger partial charge in [0.05, 0.1) is 0 Å². The Balaban J connectivity index is 1.86. The quantitative estimate of drug-likeness (QED) is 0.719. The van der Waals surface area contributed by atoms with Crippen molar-refractivity contribution < 1.29 is 0 Å². The Morgan fingerprint density at radius 2 is 1.64 bits per heavy atom. The van der Waals surface area contributed by atoms with Crippen molar-refractivity contribution in [3.63, 3.8) is 0 Å². The largest absolute Gasteiger partial charge is 0.368 e. The molecule has 2 heteroatoms. The van der Waals surface area contributed by atoms with Gasteiger partial charge in [0.2, 0.25) is 0 Å². The molecule has 0 amide bonds. The van der Waals surface area contributed by atoms with E-state index < -0.39 is 0 Å². The van der Waals surface area contributed by atoms with Gasteiger partial charge in [-0.05, 0) is 48.3 Å². The van der Waals surface area contributed by atoms with Crippen LogP contribution in [0.3, 0.4) is 0 Å². The van der Waals surface area contributed by atoms with E-state index in [0.717, 1.165) is 13.1 Å². The molecule has 2 aliphatic rings. The lowest BCUT2D eigenvalue weighted by atomic mass is 9.65. The molecular weight excluding hydrogens is 304 g/mol. The molecular formula is C23H36N2. The van der Waals surface area contributed by atoms with Crippen molar-refractivity contribution in [2.75, 3.05) is 37.6 Å². The smallest absolute Gasteiger partial charge is 0.0443 e. The number of nitrogens with zero attached hydrogens (tertiary/aromatic N) is 2. The fourth-order valence-electron chi connectivity index (χ4n) is 5.11. The number of para-hydroxylation sites is 1. The standard InChI is InChI=1S/C23H36N2/c1-6-11-24-12-14-25(15-13-24)21-10-8-7-9-20(21)19-16-22(2,3)18-23(4,5)17-19/h7-10,16H,6,11-15,17-18H2,1-5H3. The summed E-state index contributed by atoms with van der Waals surface area (Å²) in [4.78, 5) is 5.21. The van der Waals surface area contributed by atoms with Crippen molar-refractivity contribution in [2.45, 2.75) is 53.9 Å². The lowest BCUT2D eigenvalue weighted by Crippen LogP contribution is -2.46. The van der Waals surface area contributed by atoms with E-state index in [2.05, 4.69) is 74.8 Å². The first-order chi connectivity index (χ1) is 11.8. The molecule has 1 aliphatic heterocycles. The molecule has 0 unspecified atom stereocenters. The third kappa shape index (κ3) is 4.47. The zero-order valence-corrected chi connectivity index (χ0v) is 16.9. The summed E-state index contributed by atoms with van der Waals surface area (Å²) in [6, 6.07) is 9.09. The average Bonchev–Trinajstić information content (AvgIpc) is 2.53. The van der Waals surface area contributed by atoms with E-state index in [-0.39, 0.29) is 5.41 Å². The van der Waals surface area contributed by atoms with E-state index in [9.17, 15) is 0 Å². The number of hydrogen-bond acceptors (Lipinski definition) is 2. The molecule has 0 bridgehead atoms. The predicted octanol–water partition coefficient (Wildman–Crippen LogP) is 5.45. The first-order valence-corrected chi connectivity index (χ1v) is 10.1. The van der Waals surface area contributed by atoms with Crippen molar-refractivity contribution >= 4 is 11.3 Å². The first-order valence-electron chi connectivity index (χ1n) is 10.1.